The van der Waals surface area contributed by atoms with E-state index in [4.69, 9.17) is 0 Å². The summed E-state index contributed by atoms with van der Waals surface area (Å²) in [7, 11) is 0. The van der Waals surface area contributed by atoms with E-state index >= 15 is 0 Å². The number of halogens is 2. The molecule has 66 valence electrons. The van der Waals surface area contributed by atoms with E-state index in [2.05, 4.69) is 20.9 Å². The summed E-state index contributed by atoms with van der Waals surface area (Å²) in [6.07, 6.45) is 1.69. The van der Waals surface area contributed by atoms with Crippen molar-refractivity contribution in [3.8, 4) is 0 Å². The number of aromatic nitrogens is 1. The summed E-state index contributed by atoms with van der Waals surface area (Å²) in [6.45, 7) is 0. The number of hydrogen-bond donors (Lipinski definition) is 0. The van der Waals surface area contributed by atoms with E-state index < -0.39 is 0 Å². The van der Waals surface area contributed by atoms with E-state index in [1.807, 2.05) is 6.07 Å². The van der Waals surface area contributed by atoms with Gasteiger partial charge in [0.1, 0.15) is 5.82 Å². The number of nitrogens with zero attached hydrogens (tertiary/aromatic N) is 1. The smallest absolute Gasteiger partial charge is 0.123 e. The highest BCUT2D eigenvalue weighted by Gasteiger charge is 2.01. The van der Waals surface area contributed by atoms with Crippen molar-refractivity contribution in [1.29, 1.82) is 0 Å². The van der Waals surface area contributed by atoms with Crippen LogP contribution in [0.25, 0.3) is 10.8 Å². The van der Waals surface area contributed by atoms with Crippen LogP contribution in [0.5, 0.6) is 0 Å². The molecule has 13 heavy (non-hydrogen) atoms. The molecule has 0 bridgehead atoms. The van der Waals surface area contributed by atoms with Gasteiger partial charge in [-0.05, 0) is 29.7 Å². The monoisotopic (exact) mass is 239 g/mol. The molecule has 2 aromatic rings. The fraction of sp³-hybridized carbons (Fsp3) is 0.100. The van der Waals surface area contributed by atoms with Crippen molar-refractivity contribution in [1.82, 2.24) is 4.98 Å². The van der Waals surface area contributed by atoms with Crippen LogP contribution in [0.4, 0.5) is 4.39 Å². The number of fused-ring (bicyclic) bond motifs is 1. The van der Waals surface area contributed by atoms with Gasteiger partial charge >= 0.3 is 0 Å². The molecule has 0 aliphatic heterocycles. The predicted molar refractivity (Wildman–Crippen MR) is 54.3 cm³/mol. The Kier molecular flexibility index (Phi) is 2.27. The van der Waals surface area contributed by atoms with Gasteiger partial charge in [0.2, 0.25) is 0 Å². The highest BCUT2D eigenvalue weighted by Crippen LogP contribution is 2.19. The van der Waals surface area contributed by atoms with E-state index in [1.165, 1.54) is 12.1 Å². The van der Waals surface area contributed by atoms with Crippen molar-refractivity contribution in [2.75, 3.05) is 0 Å². The molecule has 1 nitrogen and oxygen atoms in total. The van der Waals surface area contributed by atoms with Crippen molar-refractivity contribution >= 4 is 26.7 Å². The van der Waals surface area contributed by atoms with Gasteiger partial charge in [0.25, 0.3) is 0 Å². The Hall–Kier alpha value is -0.960. The third-order valence-electron chi connectivity index (χ3n) is 1.94. The van der Waals surface area contributed by atoms with Gasteiger partial charge in [-0.1, -0.05) is 15.9 Å². The molecule has 1 heterocycles. The van der Waals surface area contributed by atoms with E-state index in [0.717, 1.165) is 16.5 Å². The van der Waals surface area contributed by atoms with Gasteiger partial charge in [-0.25, -0.2) is 4.39 Å². The Morgan fingerprint density at radius 1 is 1.31 bits per heavy atom. The largest absolute Gasteiger partial charge is 0.260 e. The number of hydrogen-bond acceptors (Lipinski definition) is 1. The molecule has 0 aliphatic carbocycles. The first-order valence-corrected chi connectivity index (χ1v) is 5.02. The molecule has 3 heteroatoms. The lowest BCUT2D eigenvalue weighted by atomic mass is 10.1. The molecule has 2 rings (SSSR count). The second kappa shape index (κ2) is 3.42. The molecule has 0 aliphatic rings. The standard InChI is InChI=1S/C10H7BrFN/c11-6-10-9-2-1-8(12)5-7(9)3-4-13-10/h1-5H,6H2. The predicted octanol–water partition coefficient (Wildman–Crippen LogP) is 3.27. The van der Waals surface area contributed by atoms with Crippen LogP contribution < -0.4 is 0 Å². The van der Waals surface area contributed by atoms with Gasteiger partial charge in [0.05, 0.1) is 5.69 Å². The average Bonchev–Trinajstić information content (AvgIpc) is 2.16. The Morgan fingerprint density at radius 3 is 2.92 bits per heavy atom. The lowest BCUT2D eigenvalue weighted by Gasteiger charge is -2.01. The maximum atomic E-state index is 12.8. The van der Waals surface area contributed by atoms with Crippen molar-refractivity contribution in [2.24, 2.45) is 0 Å². The molecule has 0 fully saturated rings. The summed E-state index contributed by atoms with van der Waals surface area (Å²) < 4.78 is 12.8. The minimum atomic E-state index is -0.209. The minimum absolute atomic E-state index is 0.209. The summed E-state index contributed by atoms with van der Waals surface area (Å²) in [5.74, 6) is -0.209. The van der Waals surface area contributed by atoms with Crippen LogP contribution >= 0.6 is 15.9 Å². The van der Waals surface area contributed by atoms with Crippen LogP contribution in [0.1, 0.15) is 5.69 Å². The normalized spacial score (nSPS) is 10.6. The number of rotatable bonds is 1. The van der Waals surface area contributed by atoms with E-state index in [-0.39, 0.29) is 5.82 Å². The topological polar surface area (TPSA) is 12.9 Å². The van der Waals surface area contributed by atoms with Crippen LogP contribution in [-0.4, -0.2) is 4.98 Å². The van der Waals surface area contributed by atoms with Crippen LogP contribution in [0.15, 0.2) is 30.5 Å². The van der Waals surface area contributed by atoms with Crippen molar-refractivity contribution in [2.45, 2.75) is 5.33 Å². The fourth-order valence-electron chi connectivity index (χ4n) is 1.32. The van der Waals surface area contributed by atoms with Crippen LogP contribution in [0, 0.1) is 5.82 Å². The zero-order valence-corrected chi connectivity index (χ0v) is 8.38. The van der Waals surface area contributed by atoms with Gasteiger partial charge in [-0.15, -0.1) is 0 Å². The Bertz CT molecular complexity index is 442. The van der Waals surface area contributed by atoms with E-state index in [9.17, 15) is 4.39 Å². The van der Waals surface area contributed by atoms with E-state index in [1.54, 1.807) is 12.3 Å². The average molecular weight is 240 g/mol. The highest BCUT2D eigenvalue weighted by molar-refractivity contribution is 9.08. The zero-order valence-electron chi connectivity index (χ0n) is 6.80. The summed E-state index contributed by atoms with van der Waals surface area (Å²) >= 11 is 3.34. The summed E-state index contributed by atoms with van der Waals surface area (Å²) in [6, 6.07) is 6.54. The molecule has 1 aromatic heterocycles. The summed E-state index contributed by atoms with van der Waals surface area (Å²) in [5, 5.41) is 2.58. The summed E-state index contributed by atoms with van der Waals surface area (Å²) in [5.41, 5.74) is 0.942. The van der Waals surface area contributed by atoms with E-state index in [0.29, 0.717) is 5.33 Å². The van der Waals surface area contributed by atoms with Crippen molar-refractivity contribution in [3.05, 3.63) is 42.0 Å². The van der Waals surface area contributed by atoms with Crippen LogP contribution in [0.2, 0.25) is 0 Å². The molecule has 0 saturated heterocycles. The number of alkyl halides is 1. The number of pyridine rings is 1. The molecular formula is C10H7BrFN. The molecule has 0 amide bonds. The lowest BCUT2D eigenvalue weighted by molar-refractivity contribution is 0.629. The van der Waals surface area contributed by atoms with Gasteiger partial charge < -0.3 is 0 Å². The second-order valence-corrected chi connectivity index (χ2v) is 3.32. The first-order valence-electron chi connectivity index (χ1n) is 3.90. The fourth-order valence-corrected chi connectivity index (χ4v) is 1.76. The maximum absolute atomic E-state index is 12.8. The van der Waals surface area contributed by atoms with Crippen molar-refractivity contribution < 1.29 is 4.39 Å². The summed E-state index contributed by atoms with van der Waals surface area (Å²) in [4.78, 5) is 4.19. The van der Waals surface area contributed by atoms with Crippen molar-refractivity contribution in [3.63, 3.8) is 0 Å². The highest BCUT2D eigenvalue weighted by atomic mass is 79.9. The zero-order chi connectivity index (χ0) is 9.26. The maximum Gasteiger partial charge on any atom is 0.123 e. The first kappa shape index (κ1) is 8.63. The Balaban J connectivity index is 2.77. The number of benzene rings is 1. The lowest BCUT2D eigenvalue weighted by Crippen LogP contribution is -1.87. The van der Waals surface area contributed by atoms with Crippen LogP contribution in [-0.2, 0) is 5.33 Å². The van der Waals surface area contributed by atoms with Gasteiger partial charge in [-0.2, -0.15) is 0 Å². The first-order chi connectivity index (χ1) is 6.31. The third kappa shape index (κ3) is 1.56. The van der Waals surface area contributed by atoms with Gasteiger partial charge in [0.15, 0.2) is 0 Å². The molecule has 0 spiro atoms. The SMILES string of the molecule is Fc1ccc2c(CBr)nccc2c1. The second-order valence-electron chi connectivity index (χ2n) is 2.76. The van der Waals surface area contributed by atoms with Gasteiger partial charge in [-0.3, -0.25) is 4.98 Å². The molecule has 0 unspecified atom stereocenters. The molecule has 1 aromatic carbocycles. The minimum Gasteiger partial charge on any atom is -0.260 e. The molecule has 0 atom stereocenters. The quantitative estimate of drug-likeness (QED) is 0.697. The van der Waals surface area contributed by atoms with Crippen LogP contribution in [0.3, 0.4) is 0 Å². The molecule has 0 saturated carbocycles. The molecule has 0 radical (unpaired) electrons. The Labute approximate surface area is 83.7 Å². The van der Waals surface area contributed by atoms with Gasteiger partial charge in [0, 0.05) is 16.9 Å². The molecule has 0 N–H and O–H groups in total. The third-order valence-corrected chi connectivity index (χ3v) is 2.47. The molecular weight excluding hydrogens is 233 g/mol. The Morgan fingerprint density at radius 2 is 2.15 bits per heavy atom.